The van der Waals surface area contributed by atoms with Gasteiger partial charge in [-0.25, -0.2) is 0 Å². The molecule has 0 spiro atoms. The molecule has 0 amide bonds. The summed E-state index contributed by atoms with van der Waals surface area (Å²) in [4.78, 5) is 15.0. The molecule has 39 heavy (non-hydrogen) atoms. The third-order valence-corrected chi connectivity index (χ3v) is 7.99. The minimum Gasteiger partial charge on any atom is -0.460 e. The fourth-order valence-corrected chi connectivity index (χ4v) is 5.11. The first-order chi connectivity index (χ1) is 19.0. The molecule has 0 saturated carbocycles. The zero-order chi connectivity index (χ0) is 28.8. The lowest BCUT2D eigenvalue weighted by molar-refractivity contribution is -0.144. The first kappa shape index (κ1) is 37.9. The lowest BCUT2D eigenvalue weighted by atomic mass is 10.1. The van der Waals surface area contributed by atoms with Crippen molar-refractivity contribution in [3.05, 3.63) is 24.3 Å². The van der Waals surface area contributed by atoms with Gasteiger partial charge in [0.15, 0.2) is 0 Å². The van der Waals surface area contributed by atoms with Crippen LogP contribution in [0.15, 0.2) is 24.3 Å². The molecule has 0 fully saturated rings. The Hall–Kier alpha value is -1.09. The number of rotatable bonds is 30. The maximum absolute atomic E-state index is 12.6. The van der Waals surface area contributed by atoms with Gasteiger partial charge in [0.1, 0.15) is 6.61 Å². The quantitative estimate of drug-likeness (QED) is 0.0509. The predicted molar refractivity (Wildman–Crippen MR) is 173 cm³/mol. The van der Waals surface area contributed by atoms with Crippen molar-refractivity contribution in [2.24, 2.45) is 5.92 Å². The minimum atomic E-state index is -0.0682. The number of nitrogens with zero attached hydrogens (tertiary/aromatic N) is 1. The predicted octanol–water partition coefficient (Wildman–Crippen LogP) is 11.2. The monoisotopic (exact) mass is 548 g/mol. The molecule has 0 aliphatic heterocycles. The van der Waals surface area contributed by atoms with Crippen LogP contribution < -0.4 is 0 Å². The Balaban J connectivity index is 4.27. The van der Waals surface area contributed by atoms with Gasteiger partial charge < -0.3 is 4.74 Å². The van der Waals surface area contributed by atoms with E-state index in [4.69, 9.17) is 4.74 Å². The molecular weight excluding hydrogens is 478 g/mol. The topological polar surface area (TPSA) is 29.5 Å². The summed E-state index contributed by atoms with van der Waals surface area (Å²) in [5, 5.41) is 0. The molecule has 0 N–H and O–H groups in total. The van der Waals surface area contributed by atoms with Crippen molar-refractivity contribution in [2.75, 3.05) is 26.2 Å². The van der Waals surface area contributed by atoms with Crippen molar-refractivity contribution in [2.45, 2.75) is 169 Å². The highest BCUT2D eigenvalue weighted by atomic mass is 16.5. The van der Waals surface area contributed by atoms with Crippen LogP contribution in [0.2, 0.25) is 0 Å². The minimum absolute atomic E-state index is 0.0682. The summed E-state index contributed by atoms with van der Waals surface area (Å²) in [6.07, 6.45) is 33.3. The van der Waals surface area contributed by atoms with E-state index in [2.05, 4.69) is 45.2 Å². The lowest BCUT2D eigenvalue weighted by Gasteiger charge is -2.21. The van der Waals surface area contributed by atoms with Crippen LogP contribution in [0.1, 0.15) is 169 Å². The summed E-state index contributed by atoms with van der Waals surface area (Å²) in [5.41, 5.74) is 1.15. The molecule has 0 aliphatic carbocycles. The number of esters is 1. The van der Waals surface area contributed by atoms with Crippen LogP contribution in [0.3, 0.4) is 0 Å². The molecule has 0 bridgehead atoms. The van der Waals surface area contributed by atoms with Crippen molar-refractivity contribution in [1.82, 2.24) is 4.90 Å². The van der Waals surface area contributed by atoms with Gasteiger partial charge in [0.25, 0.3) is 0 Å². The number of hydrogen-bond donors (Lipinski definition) is 0. The van der Waals surface area contributed by atoms with Crippen LogP contribution in [0, 0.1) is 5.92 Å². The number of ether oxygens (including phenoxy) is 1. The van der Waals surface area contributed by atoms with Crippen molar-refractivity contribution >= 4 is 5.97 Å². The van der Waals surface area contributed by atoms with Gasteiger partial charge in [-0.3, -0.25) is 9.69 Å². The molecule has 230 valence electrons. The maximum Gasteiger partial charge on any atom is 0.320 e. The summed E-state index contributed by atoms with van der Waals surface area (Å²) in [7, 11) is 0. The van der Waals surface area contributed by atoms with E-state index in [0.717, 1.165) is 31.5 Å². The van der Waals surface area contributed by atoms with E-state index < -0.39 is 0 Å². The van der Waals surface area contributed by atoms with Gasteiger partial charge in [0, 0.05) is 0 Å². The Morgan fingerprint density at radius 3 is 1.54 bits per heavy atom. The Labute approximate surface area is 245 Å². The highest BCUT2D eigenvalue weighted by Crippen LogP contribution is 2.13. The van der Waals surface area contributed by atoms with E-state index in [-0.39, 0.29) is 5.97 Å². The summed E-state index contributed by atoms with van der Waals surface area (Å²) >= 11 is 0. The van der Waals surface area contributed by atoms with E-state index >= 15 is 0 Å². The third-order valence-electron chi connectivity index (χ3n) is 7.99. The average molecular weight is 548 g/mol. The first-order valence-electron chi connectivity index (χ1n) is 17.2. The van der Waals surface area contributed by atoms with Crippen LogP contribution in [-0.2, 0) is 9.53 Å². The number of carbonyl (C=O) groups is 1. The molecular formula is C36H69NO2. The van der Waals surface area contributed by atoms with Crippen molar-refractivity contribution in [3.8, 4) is 0 Å². The summed E-state index contributed by atoms with van der Waals surface area (Å²) in [6.45, 7) is 15.6. The highest BCUT2D eigenvalue weighted by molar-refractivity contribution is 5.71. The molecule has 1 unspecified atom stereocenters. The Bertz CT molecular complexity index is 546. The third kappa shape index (κ3) is 28.2. The van der Waals surface area contributed by atoms with E-state index in [1.54, 1.807) is 0 Å². The summed E-state index contributed by atoms with van der Waals surface area (Å²) < 4.78 is 5.65. The highest BCUT2D eigenvalue weighted by Gasteiger charge is 2.12. The Kier molecular flexibility index (Phi) is 29.0. The lowest BCUT2D eigenvalue weighted by Crippen LogP contribution is -2.33. The summed E-state index contributed by atoms with van der Waals surface area (Å²) in [5.74, 6) is 0.461. The molecule has 3 heteroatoms. The number of allylic oxidation sites excluding steroid dienone is 2. The SMILES string of the molecule is C=CC(C)CCC=C(C)COC(=O)CN(CCCCCCCCCCCC)CCCCCCCCCCCC. The second-order valence-corrected chi connectivity index (χ2v) is 12.1. The van der Waals surface area contributed by atoms with Crippen LogP contribution in [0.5, 0.6) is 0 Å². The van der Waals surface area contributed by atoms with Crippen LogP contribution >= 0.6 is 0 Å². The fourth-order valence-electron chi connectivity index (χ4n) is 5.11. The smallest absolute Gasteiger partial charge is 0.320 e. The molecule has 0 heterocycles. The zero-order valence-corrected chi connectivity index (χ0v) is 27.1. The molecule has 0 radical (unpaired) electrons. The molecule has 3 nitrogen and oxygen atoms in total. The van der Waals surface area contributed by atoms with Crippen molar-refractivity contribution in [3.63, 3.8) is 0 Å². The largest absolute Gasteiger partial charge is 0.460 e. The van der Waals surface area contributed by atoms with Gasteiger partial charge in [-0.05, 0) is 57.2 Å². The zero-order valence-electron chi connectivity index (χ0n) is 27.1. The standard InChI is InChI=1S/C36H69NO2/c1-6-9-11-13-15-17-19-21-23-25-30-37(31-26-24-22-20-18-16-14-12-10-7-2)32-36(38)39-33-35(5)29-27-28-34(4)8-3/h8,29,34H,3,6-7,9-28,30-33H2,1-2,4-5H3. The first-order valence-corrected chi connectivity index (χ1v) is 17.2. The number of carbonyl (C=O) groups excluding carboxylic acids is 1. The van der Waals surface area contributed by atoms with Crippen LogP contribution in [0.25, 0.3) is 0 Å². The molecule has 0 aromatic heterocycles. The average Bonchev–Trinajstić information content (AvgIpc) is 2.93. The molecule has 0 aromatic carbocycles. The Morgan fingerprint density at radius 1 is 0.718 bits per heavy atom. The summed E-state index contributed by atoms with van der Waals surface area (Å²) in [6, 6.07) is 0. The van der Waals surface area contributed by atoms with E-state index in [0.29, 0.717) is 19.1 Å². The van der Waals surface area contributed by atoms with E-state index in [1.165, 1.54) is 128 Å². The molecule has 0 aliphatic rings. The maximum atomic E-state index is 12.6. The van der Waals surface area contributed by atoms with Gasteiger partial charge >= 0.3 is 5.97 Å². The normalized spacial score (nSPS) is 12.7. The van der Waals surface area contributed by atoms with Crippen molar-refractivity contribution in [1.29, 1.82) is 0 Å². The van der Waals surface area contributed by atoms with Gasteiger partial charge in [-0.15, -0.1) is 6.58 Å². The van der Waals surface area contributed by atoms with Gasteiger partial charge in [-0.1, -0.05) is 148 Å². The molecule has 0 saturated heterocycles. The van der Waals surface area contributed by atoms with Gasteiger partial charge in [0.05, 0.1) is 6.54 Å². The van der Waals surface area contributed by atoms with E-state index in [9.17, 15) is 4.79 Å². The van der Waals surface area contributed by atoms with Gasteiger partial charge in [-0.2, -0.15) is 0 Å². The molecule has 0 aromatic rings. The second-order valence-electron chi connectivity index (χ2n) is 12.1. The van der Waals surface area contributed by atoms with E-state index in [1.807, 2.05) is 6.08 Å². The molecule has 0 rings (SSSR count). The number of unbranched alkanes of at least 4 members (excludes halogenated alkanes) is 18. The second kappa shape index (κ2) is 29.9. The van der Waals surface area contributed by atoms with Gasteiger partial charge in [0.2, 0.25) is 0 Å². The van der Waals surface area contributed by atoms with Crippen molar-refractivity contribution < 1.29 is 9.53 Å². The van der Waals surface area contributed by atoms with Crippen LogP contribution in [-0.4, -0.2) is 37.1 Å². The Morgan fingerprint density at radius 2 is 1.13 bits per heavy atom. The van der Waals surface area contributed by atoms with Crippen LogP contribution in [0.4, 0.5) is 0 Å². The number of hydrogen-bond acceptors (Lipinski definition) is 3. The fraction of sp³-hybridized carbons (Fsp3) is 0.861. The molecule has 1 atom stereocenters.